The fourth-order valence-corrected chi connectivity index (χ4v) is 2.68. The van der Waals surface area contributed by atoms with E-state index in [0.717, 1.165) is 31.9 Å². The molecule has 0 bridgehead atoms. The Morgan fingerprint density at radius 3 is 1.51 bits per heavy atom. The molecule has 2 aromatic carbocycles. The van der Waals surface area contributed by atoms with Gasteiger partial charge >= 0.3 is 11.9 Å². The van der Waals surface area contributed by atoms with Crippen LogP contribution in [0.4, 0.5) is 10.1 Å². The van der Waals surface area contributed by atoms with Gasteiger partial charge in [-0.2, -0.15) is 0 Å². The van der Waals surface area contributed by atoms with Crippen molar-refractivity contribution in [3.05, 3.63) is 65.5 Å². The third-order valence-corrected chi connectivity index (χ3v) is 4.87. The third-order valence-electron chi connectivity index (χ3n) is 4.87. The minimum atomic E-state index is -0.419. The SMILES string of the molecule is CCOC(=O)c1ccc(F)cc1.CCOC(=O)c1ccc(N(C)CCN(C)C)cc1.CNCCN(C)C. The summed E-state index contributed by atoms with van der Waals surface area (Å²) in [5, 5.41) is 3.06. The van der Waals surface area contributed by atoms with E-state index in [1.54, 1.807) is 26.0 Å². The number of carbonyl (C=O) groups excluding carboxylic acids is 2. The predicted molar refractivity (Wildman–Crippen MR) is 149 cm³/mol. The lowest BCUT2D eigenvalue weighted by Gasteiger charge is -2.21. The minimum Gasteiger partial charge on any atom is -0.462 e. The lowest BCUT2D eigenvalue weighted by Crippen LogP contribution is -2.28. The van der Waals surface area contributed by atoms with Crippen molar-refractivity contribution in [3.8, 4) is 0 Å². The maximum atomic E-state index is 12.4. The fraction of sp³-hybridized carbons (Fsp3) is 0.500. The lowest BCUT2D eigenvalue weighted by molar-refractivity contribution is 0.0516. The number of esters is 2. The topological polar surface area (TPSA) is 74.3 Å². The first kappa shape index (κ1) is 34.0. The largest absolute Gasteiger partial charge is 0.462 e. The highest BCUT2D eigenvalue weighted by Crippen LogP contribution is 2.14. The van der Waals surface area contributed by atoms with Crippen LogP contribution in [0.15, 0.2) is 48.5 Å². The molecule has 2 rings (SSSR count). The summed E-state index contributed by atoms with van der Waals surface area (Å²) in [5.41, 5.74) is 2.07. The number of hydrogen-bond acceptors (Lipinski definition) is 8. The second kappa shape index (κ2) is 20.1. The van der Waals surface area contributed by atoms with Crippen LogP contribution in [-0.2, 0) is 9.47 Å². The summed E-state index contributed by atoms with van der Waals surface area (Å²) in [5.74, 6) is -1.04. The van der Waals surface area contributed by atoms with Gasteiger partial charge in [-0.05, 0) is 97.6 Å². The number of benzene rings is 2. The quantitative estimate of drug-likeness (QED) is 0.451. The molecule has 2 aromatic rings. The van der Waals surface area contributed by atoms with Crippen molar-refractivity contribution in [1.29, 1.82) is 0 Å². The molecule has 0 saturated carbocycles. The first-order valence-corrected chi connectivity index (χ1v) is 12.4. The monoisotopic (exact) mass is 520 g/mol. The van der Waals surface area contributed by atoms with Crippen LogP contribution in [0, 0.1) is 5.82 Å². The van der Waals surface area contributed by atoms with E-state index < -0.39 is 5.97 Å². The molecule has 0 aromatic heterocycles. The zero-order valence-electron chi connectivity index (χ0n) is 23.7. The molecular formula is C28H45FN4O4. The van der Waals surface area contributed by atoms with Gasteiger partial charge in [-0.25, -0.2) is 14.0 Å². The van der Waals surface area contributed by atoms with Gasteiger partial charge in [-0.3, -0.25) is 0 Å². The normalized spacial score (nSPS) is 10.1. The van der Waals surface area contributed by atoms with Crippen molar-refractivity contribution in [1.82, 2.24) is 15.1 Å². The highest BCUT2D eigenvalue weighted by atomic mass is 19.1. The maximum Gasteiger partial charge on any atom is 0.338 e. The molecule has 9 heteroatoms. The Bertz CT molecular complexity index is 875. The zero-order chi connectivity index (χ0) is 28.2. The Labute approximate surface area is 222 Å². The Morgan fingerprint density at radius 2 is 1.16 bits per heavy atom. The molecule has 0 unspecified atom stereocenters. The molecule has 0 aliphatic heterocycles. The average molecular weight is 521 g/mol. The van der Waals surface area contributed by atoms with Crippen molar-refractivity contribution in [2.24, 2.45) is 0 Å². The summed E-state index contributed by atoms with van der Waals surface area (Å²) in [6.07, 6.45) is 0. The predicted octanol–water partition coefficient (Wildman–Crippen LogP) is 3.63. The van der Waals surface area contributed by atoms with Crippen molar-refractivity contribution in [2.75, 3.05) is 86.6 Å². The molecule has 1 N–H and O–H groups in total. The van der Waals surface area contributed by atoms with Crippen LogP contribution in [0.5, 0.6) is 0 Å². The first-order chi connectivity index (χ1) is 17.5. The number of carbonyl (C=O) groups is 2. The third kappa shape index (κ3) is 16.4. The number of likely N-dealkylation sites (N-methyl/N-ethyl adjacent to an activating group) is 4. The molecule has 0 saturated heterocycles. The highest BCUT2D eigenvalue weighted by Gasteiger charge is 2.07. The van der Waals surface area contributed by atoms with Crippen molar-refractivity contribution in [3.63, 3.8) is 0 Å². The summed E-state index contributed by atoms with van der Waals surface area (Å²) in [6, 6.07) is 12.8. The molecule has 0 aliphatic rings. The molecule has 0 fully saturated rings. The summed E-state index contributed by atoms with van der Waals surface area (Å²) >= 11 is 0. The standard InChI is InChI=1S/C14H22N2O2.C9H9FO2.C5H14N2/c1-5-18-14(17)12-6-8-13(9-7-12)16(4)11-10-15(2)3;1-2-12-9(11)7-3-5-8(10)6-4-7;1-6-4-5-7(2)3/h6-9H,5,10-11H2,1-4H3;3-6H,2H2,1H3;6H,4-5H2,1-3H3. The van der Waals surface area contributed by atoms with Gasteiger partial charge < -0.3 is 29.5 Å². The van der Waals surface area contributed by atoms with E-state index in [-0.39, 0.29) is 11.8 Å². The van der Waals surface area contributed by atoms with Gasteiger partial charge in [-0.1, -0.05) is 0 Å². The Morgan fingerprint density at radius 1 is 0.730 bits per heavy atom. The summed E-state index contributed by atoms with van der Waals surface area (Å²) < 4.78 is 22.0. The van der Waals surface area contributed by atoms with Gasteiger partial charge in [0.25, 0.3) is 0 Å². The van der Waals surface area contributed by atoms with Gasteiger partial charge in [-0.15, -0.1) is 0 Å². The Balaban J connectivity index is 0.000000586. The van der Waals surface area contributed by atoms with E-state index in [1.807, 2.05) is 26.2 Å². The molecule has 0 aliphatic carbocycles. The molecule has 0 spiro atoms. The molecular weight excluding hydrogens is 475 g/mol. The van der Waals surface area contributed by atoms with E-state index >= 15 is 0 Å². The molecule has 0 heterocycles. The van der Waals surface area contributed by atoms with Gasteiger partial charge in [0.15, 0.2) is 0 Å². The fourth-order valence-electron chi connectivity index (χ4n) is 2.68. The van der Waals surface area contributed by atoms with Gasteiger partial charge in [0.2, 0.25) is 0 Å². The number of nitrogens with one attached hydrogen (secondary N) is 1. The second-order valence-corrected chi connectivity index (χ2v) is 8.63. The average Bonchev–Trinajstić information content (AvgIpc) is 2.87. The smallest absolute Gasteiger partial charge is 0.338 e. The van der Waals surface area contributed by atoms with Crippen molar-refractivity contribution in [2.45, 2.75) is 13.8 Å². The lowest BCUT2D eigenvalue weighted by atomic mass is 10.2. The van der Waals surface area contributed by atoms with E-state index in [1.165, 1.54) is 24.3 Å². The number of rotatable bonds is 11. The van der Waals surface area contributed by atoms with Crippen LogP contribution >= 0.6 is 0 Å². The highest BCUT2D eigenvalue weighted by molar-refractivity contribution is 5.90. The zero-order valence-corrected chi connectivity index (χ0v) is 23.7. The van der Waals surface area contributed by atoms with E-state index in [9.17, 15) is 14.0 Å². The van der Waals surface area contributed by atoms with E-state index in [0.29, 0.717) is 24.3 Å². The number of anilines is 1. The van der Waals surface area contributed by atoms with Crippen LogP contribution < -0.4 is 10.2 Å². The Hall–Kier alpha value is -3.01. The number of ether oxygens (including phenoxy) is 2. The van der Waals surface area contributed by atoms with E-state index in [4.69, 9.17) is 9.47 Å². The van der Waals surface area contributed by atoms with Crippen molar-refractivity contribution >= 4 is 17.6 Å². The number of halogens is 1. The van der Waals surface area contributed by atoms with Crippen LogP contribution in [0.25, 0.3) is 0 Å². The molecule has 8 nitrogen and oxygen atoms in total. The summed E-state index contributed by atoms with van der Waals surface area (Å²) in [6.45, 7) is 8.41. The molecule has 208 valence electrons. The molecule has 37 heavy (non-hydrogen) atoms. The number of hydrogen-bond donors (Lipinski definition) is 1. The summed E-state index contributed by atoms with van der Waals surface area (Å²) in [4.78, 5) is 29.0. The second-order valence-electron chi connectivity index (χ2n) is 8.63. The molecule has 0 atom stereocenters. The van der Waals surface area contributed by atoms with Gasteiger partial charge in [0, 0.05) is 38.9 Å². The Kier molecular flexibility index (Phi) is 18.5. The van der Waals surface area contributed by atoms with Gasteiger partial charge in [0.05, 0.1) is 24.3 Å². The molecule has 0 radical (unpaired) electrons. The first-order valence-electron chi connectivity index (χ1n) is 12.4. The van der Waals surface area contributed by atoms with Gasteiger partial charge in [0.1, 0.15) is 5.82 Å². The van der Waals surface area contributed by atoms with Crippen LogP contribution in [0.3, 0.4) is 0 Å². The minimum absolute atomic E-state index is 0.264. The maximum absolute atomic E-state index is 12.4. The molecule has 0 amide bonds. The van der Waals surface area contributed by atoms with Crippen LogP contribution in [0.1, 0.15) is 34.6 Å². The van der Waals surface area contributed by atoms with Crippen LogP contribution in [-0.4, -0.2) is 103 Å². The summed E-state index contributed by atoms with van der Waals surface area (Å²) in [7, 11) is 12.2. The number of nitrogens with zero attached hydrogens (tertiary/aromatic N) is 3. The van der Waals surface area contributed by atoms with Crippen LogP contribution in [0.2, 0.25) is 0 Å². The van der Waals surface area contributed by atoms with E-state index in [2.05, 4.69) is 48.2 Å². The van der Waals surface area contributed by atoms with Crippen molar-refractivity contribution < 1.29 is 23.5 Å².